The Labute approximate surface area is 215 Å². The number of aromatic amines is 1. The maximum Gasteiger partial charge on any atom is 0.163 e. The predicted octanol–water partition coefficient (Wildman–Crippen LogP) is 5.33. The van der Waals surface area contributed by atoms with Gasteiger partial charge in [0.25, 0.3) is 0 Å². The Morgan fingerprint density at radius 3 is 2.74 bits per heavy atom. The Kier molecular flexibility index (Phi) is 6.73. The number of para-hydroxylation sites is 1. The Balaban J connectivity index is 1.56. The molecule has 0 saturated heterocycles. The molecule has 0 atom stereocenters. The molecule has 0 bridgehead atoms. The molecule has 10 heteroatoms. The van der Waals surface area contributed by atoms with E-state index in [1.54, 1.807) is 6.20 Å². The van der Waals surface area contributed by atoms with Crippen molar-refractivity contribution < 1.29 is 9.13 Å². The van der Waals surface area contributed by atoms with Gasteiger partial charge in [-0.15, -0.1) is 10.2 Å². The summed E-state index contributed by atoms with van der Waals surface area (Å²) in [5, 5.41) is 14.3. The number of hydrogen-bond acceptors (Lipinski definition) is 7. The highest BCUT2D eigenvalue weighted by Gasteiger charge is 2.16. The number of ether oxygens (including phenoxy) is 1. The summed E-state index contributed by atoms with van der Waals surface area (Å²) in [4.78, 5) is 14.3. The zero-order chi connectivity index (χ0) is 24.4. The van der Waals surface area contributed by atoms with Crippen molar-refractivity contribution >= 4 is 55.8 Å². The van der Waals surface area contributed by atoms with Crippen LogP contribution in [0.25, 0.3) is 33.1 Å². The van der Waals surface area contributed by atoms with Gasteiger partial charge in [0.15, 0.2) is 11.6 Å². The Morgan fingerprint density at radius 2 is 1.97 bits per heavy atom. The lowest BCUT2D eigenvalue weighted by Gasteiger charge is -2.15. The first-order valence-electron chi connectivity index (χ1n) is 11.0. The molecular weight excluding hydrogens is 560 g/mol. The lowest BCUT2D eigenvalue weighted by molar-refractivity contribution is 0.261. The number of hydrogen-bond donors (Lipinski definition) is 2. The summed E-state index contributed by atoms with van der Waals surface area (Å²) in [6, 6.07) is 13.7. The van der Waals surface area contributed by atoms with E-state index >= 15 is 0 Å². The monoisotopic (exact) mass is 583 g/mol. The molecule has 0 spiro atoms. The van der Waals surface area contributed by atoms with Crippen LogP contribution in [0.4, 0.5) is 15.9 Å². The number of aromatic nitrogens is 5. The van der Waals surface area contributed by atoms with Crippen LogP contribution in [-0.2, 0) is 6.67 Å². The van der Waals surface area contributed by atoms with Crippen molar-refractivity contribution in [3.8, 4) is 17.1 Å². The van der Waals surface area contributed by atoms with E-state index in [0.29, 0.717) is 18.2 Å². The fourth-order valence-corrected chi connectivity index (χ4v) is 4.42. The first-order valence-corrected chi connectivity index (χ1v) is 12.1. The van der Waals surface area contributed by atoms with Crippen LogP contribution in [0.5, 0.6) is 5.75 Å². The van der Waals surface area contributed by atoms with Crippen LogP contribution in [0.3, 0.4) is 0 Å². The number of rotatable bonds is 8. The van der Waals surface area contributed by atoms with E-state index in [-0.39, 0.29) is 5.82 Å². The Bertz CT molecular complexity index is 1500. The largest absolute Gasteiger partial charge is 0.492 e. The number of likely N-dealkylation sites (N-methyl/N-ethyl adjacent to an activating group) is 1. The van der Waals surface area contributed by atoms with Gasteiger partial charge in [0.2, 0.25) is 0 Å². The molecule has 35 heavy (non-hydrogen) atoms. The first kappa shape index (κ1) is 23.4. The molecule has 178 valence electrons. The van der Waals surface area contributed by atoms with Gasteiger partial charge in [0, 0.05) is 44.2 Å². The van der Waals surface area contributed by atoms with Gasteiger partial charge in [-0.1, -0.05) is 12.1 Å². The van der Waals surface area contributed by atoms with Crippen LogP contribution in [0.15, 0.2) is 54.9 Å². The lowest BCUT2D eigenvalue weighted by Crippen LogP contribution is -2.19. The molecule has 3 heterocycles. The van der Waals surface area contributed by atoms with E-state index in [4.69, 9.17) is 9.72 Å². The summed E-state index contributed by atoms with van der Waals surface area (Å²) in [6.45, 7) is 0.754. The molecule has 3 aromatic heterocycles. The number of nitrogens with zero attached hydrogens (tertiary/aromatic N) is 5. The van der Waals surface area contributed by atoms with E-state index in [0.717, 1.165) is 48.8 Å². The molecule has 5 aromatic rings. The van der Waals surface area contributed by atoms with Gasteiger partial charge >= 0.3 is 0 Å². The van der Waals surface area contributed by atoms with Gasteiger partial charge in [0.05, 0.1) is 11.2 Å². The van der Waals surface area contributed by atoms with Crippen molar-refractivity contribution in [1.82, 2.24) is 30.0 Å². The van der Waals surface area contributed by atoms with Gasteiger partial charge in [-0.25, -0.2) is 9.37 Å². The second-order valence-electron chi connectivity index (χ2n) is 8.26. The zero-order valence-corrected chi connectivity index (χ0v) is 21.4. The van der Waals surface area contributed by atoms with Crippen LogP contribution >= 0.6 is 22.6 Å². The summed E-state index contributed by atoms with van der Waals surface area (Å²) in [5.74, 6) is 2.16. The van der Waals surface area contributed by atoms with Crippen molar-refractivity contribution in [2.45, 2.75) is 6.67 Å². The lowest BCUT2D eigenvalue weighted by atomic mass is 10.0. The highest BCUT2D eigenvalue weighted by Crippen LogP contribution is 2.35. The molecule has 0 radical (unpaired) electrons. The molecule has 8 nitrogen and oxygen atoms in total. The summed E-state index contributed by atoms with van der Waals surface area (Å²) in [5.41, 5.74) is 2.37. The normalized spacial score (nSPS) is 11.5. The zero-order valence-electron chi connectivity index (χ0n) is 19.2. The number of alkyl halides is 1. The molecule has 0 fully saturated rings. The predicted molar refractivity (Wildman–Crippen MR) is 144 cm³/mol. The van der Waals surface area contributed by atoms with Crippen LogP contribution in [0, 0.1) is 3.57 Å². The average Bonchev–Trinajstić information content (AvgIpc) is 3.34. The van der Waals surface area contributed by atoms with E-state index in [1.807, 2.05) is 62.8 Å². The minimum Gasteiger partial charge on any atom is -0.492 e. The smallest absolute Gasteiger partial charge is 0.163 e. The molecule has 0 aliphatic heterocycles. The molecule has 0 aliphatic carbocycles. The number of benzene rings is 2. The van der Waals surface area contributed by atoms with Crippen LogP contribution < -0.4 is 10.1 Å². The fourth-order valence-electron chi connectivity index (χ4n) is 3.79. The number of H-pyrrole nitrogens is 1. The fraction of sp³-hybridized carbons (Fsp3) is 0.200. The van der Waals surface area contributed by atoms with Gasteiger partial charge < -0.3 is 19.9 Å². The SMILES string of the molecule is CN(C)CCOc1ccc(Nc2nc3c(-c4nnc(CF)[nH]4)cccc3c3cnccc23)c(I)c1. The van der Waals surface area contributed by atoms with E-state index in [9.17, 15) is 4.39 Å². The molecule has 0 amide bonds. The van der Waals surface area contributed by atoms with Gasteiger partial charge in [-0.05, 0) is 67.0 Å². The van der Waals surface area contributed by atoms with Crippen LogP contribution in [-0.4, -0.2) is 57.3 Å². The third-order valence-corrected chi connectivity index (χ3v) is 6.43. The maximum atomic E-state index is 13.1. The first-order chi connectivity index (χ1) is 17.0. The summed E-state index contributed by atoms with van der Waals surface area (Å²) >= 11 is 2.29. The average molecular weight is 583 g/mol. The van der Waals surface area contributed by atoms with Crippen molar-refractivity contribution in [3.63, 3.8) is 0 Å². The van der Waals surface area contributed by atoms with Crippen molar-refractivity contribution in [1.29, 1.82) is 0 Å². The summed E-state index contributed by atoms with van der Waals surface area (Å²) in [7, 11) is 4.04. The molecule has 0 unspecified atom stereocenters. The molecule has 5 rings (SSSR count). The standard InChI is InChI=1S/C25H23FIN7O/c1-34(2)10-11-35-15-6-7-21(20(27)12-15)29-24-17-8-9-28-14-19(17)16-4-3-5-18(23(16)31-24)25-30-22(13-26)32-33-25/h3-9,12,14H,10-11,13H2,1-2H3,(H,29,31)(H,30,32,33). The molecule has 2 N–H and O–H groups in total. The number of anilines is 2. The number of halogens is 2. The molecule has 0 aliphatic rings. The minimum absolute atomic E-state index is 0.181. The Morgan fingerprint density at radius 1 is 1.09 bits per heavy atom. The molecule has 0 saturated carbocycles. The van der Waals surface area contributed by atoms with Gasteiger partial charge in [0.1, 0.15) is 24.8 Å². The van der Waals surface area contributed by atoms with Crippen LogP contribution in [0.1, 0.15) is 5.82 Å². The van der Waals surface area contributed by atoms with Gasteiger partial charge in [-0.3, -0.25) is 4.98 Å². The second kappa shape index (κ2) is 10.1. The topological polar surface area (TPSA) is 91.9 Å². The summed E-state index contributed by atoms with van der Waals surface area (Å²) in [6.07, 6.45) is 3.58. The highest BCUT2D eigenvalue weighted by atomic mass is 127. The Hall–Kier alpha value is -3.38. The number of pyridine rings is 2. The minimum atomic E-state index is -0.710. The maximum absolute atomic E-state index is 13.1. The van der Waals surface area contributed by atoms with Crippen molar-refractivity contribution in [2.75, 3.05) is 32.6 Å². The third-order valence-electron chi connectivity index (χ3n) is 5.54. The van der Waals surface area contributed by atoms with E-state index in [2.05, 4.69) is 53.0 Å². The highest BCUT2D eigenvalue weighted by molar-refractivity contribution is 14.1. The van der Waals surface area contributed by atoms with Gasteiger partial charge in [-0.2, -0.15) is 0 Å². The quantitative estimate of drug-likeness (QED) is 0.189. The second-order valence-corrected chi connectivity index (χ2v) is 9.42. The third kappa shape index (κ3) is 4.89. The summed E-state index contributed by atoms with van der Waals surface area (Å²) < 4.78 is 19.9. The van der Waals surface area contributed by atoms with E-state index in [1.165, 1.54) is 0 Å². The molecular formula is C25H23FIN7O. The molecule has 2 aromatic carbocycles. The number of fused-ring (bicyclic) bond motifs is 3. The van der Waals surface area contributed by atoms with Crippen molar-refractivity contribution in [2.24, 2.45) is 0 Å². The van der Waals surface area contributed by atoms with Crippen LogP contribution in [0.2, 0.25) is 0 Å². The number of nitrogens with one attached hydrogen (secondary N) is 2. The van der Waals surface area contributed by atoms with E-state index < -0.39 is 6.67 Å². The van der Waals surface area contributed by atoms with Crippen molar-refractivity contribution in [3.05, 3.63) is 64.3 Å².